The highest BCUT2D eigenvalue weighted by Gasteiger charge is 2.25. The molecule has 0 fully saturated rings. The van der Waals surface area contributed by atoms with E-state index in [4.69, 9.17) is 5.73 Å². The molecule has 0 rings (SSSR count). The quantitative estimate of drug-likeness (QED) is 0.668. The van der Waals surface area contributed by atoms with Gasteiger partial charge in [0.2, 0.25) is 5.91 Å². The second-order valence-corrected chi connectivity index (χ2v) is 3.76. The molecule has 0 radical (unpaired) electrons. The van der Waals surface area contributed by atoms with Crippen molar-refractivity contribution in [2.75, 3.05) is 6.54 Å². The van der Waals surface area contributed by atoms with E-state index in [1.165, 1.54) is 0 Å². The third-order valence-corrected chi connectivity index (χ3v) is 2.12. The van der Waals surface area contributed by atoms with Crippen LogP contribution in [0.15, 0.2) is 0 Å². The van der Waals surface area contributed by atoms with Crippen molar-refractivity contribution < 1.29 is 18.0 Å². The van der Waals surface area contributed by atoms with Crippen molar-refractivity contribution in [3.63, 3.8) is 0 Å². The Morgan fingerprint density at radius 3 is 2.50 bits per heavy atom. The first-order valence-corrected chi connectivity index (χ1v) is 5.47. The van der Waals surface area contributed by atoms with Gasteiger partial charge in [0.1, 0.15) is 0 Å². The van der Waals surface area contributed by atoms with Crippen LogP contribution in [0, 0.1) is 0 Å². The third kappa shape index (κ3) is 8.52. The maximum Gasteiger partial charge on any atom is 0.389 e. The molecule has 0 saturated carbocycles. The Hall–Kier alpha value is -0.780. The lowest BCUT2D eigenvalue weighted by Crippen LogP contribution is -2.40. The van der Waals surface area contributed by atoms with E-state index in [0.29, 0.717) is 12.8 Å². The van der Waals surface area contributed by atoms with Crippen LogP contribution in [0.2, 0.25) is 0 Å². The minimum Gasteiger partial charge on any atom is -0.355 e. The van der Waals surface area contributed by atoms with Crippen molar-refractivity contribution in [3.05, 3.63) is 0 Å². The molecule has 0 bridgehead atoms. The molecule has 96 valence electrons. The summed E-state index contributed by atoms with van der Waals surface area (Å²) < 4.78 is 35.3. The van der Waals surface area contributed by atoms with Gasteiger partial charge in [-0.25, -0.2) is 0 Å². The fraction of sp³-hybridized carbons (Fsp3) is 0.900. The van der Waals surface area contributed by atoms with Crippen LogP contribution >= 0.6 is 0 Å². The zero-order valence-corrected chi connectivity index (χ0v) is 9.44. The summed E-state index contributed by atoms with van der Waals surface area (Å²) in [6.07, 6.45) is -3.15. The largest absolute Gasteiger partial charge is 0.389 e. The van der Waals surface area contributed by atoms with Gasteiger partial charge >= 0.3 is 6.18 Å². The molecule has 0 aliphatic rings. The van der Waals surface area contributed by atoms with E-state index < -0.39 is 18.6 Å². The topological polar surface area (TPSA) is 55.1 Å². The number of hydrogen-bond donors (Lipinski definition) is 2. The molecule has 0 unspecified atom stereocenters. The van der Waals surface area contributed by atoms with Crippen LogP contribution in [-0.4, -0.2) is 24.7 Å². The average Bonchev–Trinajstić information content (AvgIpc) is 2.15. The minimum absolute atomic E-state index is 0.0345. The molecule has 0 aromatic carbocycles. The average molecular weight is 240 g/mol. The predicted octanol–water partition coefficient (Wildman–Crippen LogP) is 1.96. The van der Waals surface area contributed by atoms with Gasteiger partial charge in [-0.2, -0.15) is 13.2 Å². The highest BCUT2D eigenvalue weighted by Crippen LogP contribution is 2.21. The lowest BCUT2D eigenvalue weighted by molar-refractivity contribution is -0.135. The summed E-state index contributed by atoms with van der Waals surface area (Å²) in [5.74, 6) is -0.283. The zero-order valence-electron chi connectivity index (χ0n) is 9.44. The fourth-order valence-corrected chi connectivity index (χ4v) is 1.24. The van der Waals surface area contributed by atoms with Crippen LogP contribution in [0.1, 0.15) is 39.0 Å². The summed E-state index contributed by atoms with van der Waals surface area (Å²) in [5.41, 5.74) is 5.52. The van der Waals surface area contributed by atoms with Gasteiger partial charge < -0.3 is 11.1 Å². The summed E-state index contributed by atoms with van der Waals surface area (Å²) in [6.45, 7) is 2.17. The molecule has 0 spiro atoms. The number of hydrogen-bond acceptors (Lipinski definition) is 2. The number of halogens is 3. The monoisotopic (exact) mass is 240 g/mol. The first-order chi connectivity index (χ1) is 7.37. The van der Waals surface area contributed by atoms with Crippen molar-refractivity contribution in [2.45, 2.75) is 51.2 Å². The number of alkyl halides is 3. The SMILES string of the molecule is CCC[C@@H](N)C(=O)NCCCCC(F)(F)F. The highest BCUT2D eigenvalue weighted by atomic mass is 19.4. The van der Waals surface area contributed by atoms with Crippen molar-refractivity contribution in [3.8, 4) is 0 Å². The maximum absolute atomic E-state index is 11.8. The van der Waals surface area contributed by atoms with Crippen molar-refractivity contribution >= 4 is 5.91 Å². The van der Waals surface area contributed by atoms with Gasteiger partial charge in [-0.15, -0.1) is 0 Å². The van der Waals surface area contributed by atoms with E-state index in [2.05, 4.69) is 5.32 Å². The van der Waals surface area contributed by atoms with E-state index in [1.807, 2.05) is 6.92 Å². The summed E-state index contributed by atoms with van der Waals surface area (Å²) >= 11 is 0. The molecule has 0 aromatic rings. The molecular formula is C10H19F3N2O. The molecule has 0 heterocycles. The number of carbonyl (C=O) groups is 1. The molecule has 0 saturated heterocycles. The number of amides is 1. The molecule has 0 aliphatic carbocycles. The molecule has 0 aliphatic heterocycles. The highest BCUT2D eigenvalue weighted by molar-refractivity contribution is 5.81. The number of nitrogens with two attached hydrogens (primary N) is 1. The molecule has 0 aromatic heterocycles. The van der Waals surface area contributed by atoms with Crippen LogP contribution in [0.5, 0.6) is 0 Å². The first kappa shape index (κ1) is 15.2. The van der Waals surface area contributed by atoms with Crippen molar-refractivity contribution in [2.24, 2.45) is 5.73 Å². The Bertz CT molecular complexity index is 207. The fourth-order valence-electron chi connectivity index (χ4n) is 1.24. The Morgan fingerprint density at radius 1 is 1.38 bits per heavy atom. The van der Waals surface area contributed by atoms with Crippen LogP contribution in [-0.2, 0) is 4.79 Å². The zero-order chi connectivity index (χ0) is 12.6. The lowest BCUT2D eigenvalue weighted by atomic mass is 10.1. The second-order valence-electron chi connectivity index (χ2n) is 3.76. The smallest absolute Gasteiger partial charge is 0.355 e. The summed E-state index contributed by atoms with van der Waals surface area (Å²) in [6, 6.07) is -0.549. The van der Waals surface area contributed by atoms with Gasteiger partial charge in [-0.3, -0.25) is 4.79 Å². The number of carbonyl (C=O) groups excluding carboxylic acids is 1. The Balaban J connectivity index is 3.48. The van der Waals surface area contributed by atoms with Crippen LogP contribution in [0.3, 0.4) is 0 Å². The molecular weight excluding hydrogens is 221 g/mol. The van der Waals surface area contributed by atoms with Crippen LogP contribution in [0.25, 0.3) is 0 Å². The van der Waals surface area contributed by atoms with Crippen LogP contribution < -0.4 is 11.1 Å². The van der Waals surface area contributed by atoms with Crippen molar-refractivity contribution in [1.82, 2.24) is 5.32 Å². The van der Waals surface area contributed by atoms with Gasteiger partial charge in [0.25, 0.3) is 0 Å². The van der Waals surface area contributed by atoms with E-state index in [1.54, 1.807) is 0 Å². The van der Waals surface area contributed by atoms with E-state index in [-0.39, 0.29) is 18.9 Å². The Kier molecular flexibility index (Phi) is 7.12. The molecule has 16 heavy (non-hydrogen) atoms. The molecule has 1 amide bonds. The normalized spacial score (nSPS) is 13.6. The van der Waals surface area contributed by atoms with Gasteiger partial charge in [0, 0.05) is 13.0 Å². The maximum atomic E-state index is 11.8. The van der Waals surface area contributed by atoms with Gasteiger partial charge in [0.15, 0.2) is 0 Å². The number of nitrogens with one attached hydrogen (secondary N) is 1. The lowest BCUT2D eigenvalue weighted by Gasteiger charge is -2.11. The summed E-state index contributed by atoms with van der Waals surface area (Å²) in [4.78, 5) is 11.2. The second kappa shape index (κ2) is 7.49. The van der Waals surface area contributed by atoms with E-state index >= 15 is 0 Å². The minimum atomic E-state index is -4.11. The standard InChI is InChI=1S/C10H19F3N2O/c1-2-5-8(14)9(16)15-7-4-3-6-10(11,12)13/h8H,2-7,14H2,1H3,(H,15,16)/t8-/m1/s1. The molecule has 3 nitrogen and oxygen atoms in total. The number of unbranched alkanes of at least 4 members (excludes halogenated alkanes) is 1. The molecule has 1 atom stereocenters. The van der Waals surface area contributed by atoms with Crippen LogP contribution in [0.4, 0.5) is 13.2 Å². The Morgan fingerprint density at radius 2 is 2.00 bits per heavy atom. The van der Waals surface area contributed by atoms with Gasteiger partial charge in [-0.05, 0) is 19.3 Å². The number of rotatable bonds is 7. The molecule has 6 heteroatoms. The van der Waals surface area contributed by atoms with E-state index in [9.17, 15) is 18.0 Å². The summed E-state index contributed by atoms with van der Waals surface area (Å²) in [7, 11) is 0. The van der Waals surface area contributed by atoms with Crippen molar-refractivity contribution in [1.29, 1.82) is 0 Å². The predicted molar refractivity (Wildman–Crippen MR) is 55.8 cm³/mol. The van der Waals surface area contributed by atoms with E-state index in [0.717, 1.165) is 6.42 Å². The third-order valence-electron chi connectivity index (χ3n) is 2.12. The van der Waals surface area contributed by atoms with Gasteiger partial charge in [0.05, 0.1) is 6.04 Å². The van der Waals surface area contributed by atoms with Gasteiger partial charge in [-0.1, -0.05) is 13.3 Å². The summed E-state index contributed by atoms with van der Waals surface area (Å²) in [5, 5.41) is 2.52. The first-order valence-electron chi connectivity index (χ1n) is 5.47. The Labute approximate surface area is 93.6 Å². The molecule has 3 N–H and O–H groups in total.